The Morgan fingerprint density at radius 1 is 1.43 bits per heavy atom. The van der Waals surface area contributed by atoms with Gasteiger partial charge in [-0.3, -0.25) is 4.79 Å². The van der Waals surface area contributed by atoms with E-state index in [9.17, 15) is 4.79 Å². The van der Waals surface area contributed by atoms with E-state index in [2.05, 4.69) is 15.4 Å². The second-order valence-corrected chi connectivity index (χ2v) is 5.85. The number of nitrogens with one attached hydrogen (secondary N) is 1. The third-order valence-electron chi connectivity index (χ3n) is 4.28. The van der Waals surface area contributed by atoms with Crippen molar-refractivity contribution >= 4 is 5.91 Å². The fraction of sp³-hybridized carbons (Fsp3) is 0.471. The smallest absolute Gasteiger partial charge is 0.225 e. The summed E-state index contributed by atoms with van der Waals surface area (Å²) >= 11 is 0. The minimum absolute atomic E-state index is 0.00781. The lowest BCUT2D eigenvalue weighted by Crippen LogP contribution is -2.32. The van der Waals surface area contributed by atoms with Gasteiger partial charge in [0.05, 0.1) is 18.2 Å². The van der Waals surface area contributed by atoms with Gasteiger partial charge in [-0.2, -0.15) is 5.10 Å². The lowest BCUT2D eigenvalue weighted by molar-refractivity contribution is -0.124. The molecule has 0 aromatic carbocycles. The Hall–Kier alpha value is -2.21. The zero-order valence-corrected chi connectivity index (χ0v) is 13.6. The molecule has 1 N–H and O–H groups in total. The summed E-state index contributed by atoms with van der Waals surface area (Å²) in [6, 6.07) is 5.77. The SMILES string of the molecule is Cc1nn(-c2ccccn2)c(C)c1CCNC(=O)C1CCOC1. The Balaban J connectivity index is 1.64. The average Bonchev–Trinajstić information content (AvgIpc) is 3.19. The Labute approximate surface area is 135 Å². The molecular weight excluding hydrogens is 292 g/mol. The van der Waals surface area contributed by atoms with Crippen LogP contribution in [0.5, 0.6) is 0 Å². The summed E-state index contributed by atoms with van der Waals surface area (Å²) in [4.78, 5) is 16.4. The molecule has 3 rings (SSSR count). The van der Waals surface area contributed by atoms with Crippen molar-refractivity contribution < 1.29 is 9.53 Å². The molecule has 1 aliphatic rings. The highest BCUT2D eigenvalue weighted by Crippen LogP contribution is 2.17. The van der Waals surface area contributed by atoms with Gasteiger partial charge in [0.1, 0.15) is 0 Å². The van der Waals surface area contributed by atoms with Gasteiger partial charge in [-0.05, 0) is 44.4 Å². The summed E-state index contributed by atoms with van der Waals surface area (Å²) < 4.78 is 7.11. The van der Waals surface area contributed by atoms with Crippen LogP contribution in [0.15, 0.2) is 24.4 Å². The topological polar surface area (TPSA) is 69.0 Å². The summed E-state index contributed by atoms with van der Waals surface area (Å²) in [5.41, 5.74) is 3.21. The summed E-state index contributed by atoms with van der Waals surface area (Å²) in [5, 5.41) is 7.58. The van der Waals surface area contributed by atoms with Crippen LogP contribution >= 0.6 is 0 Å². The Morgan fingerprint density at radius 3 is 3.00 bits per heavy atom. The van der Waals surface area contributed by atoms with Gasteiger partial charge >= 0.3 is 0 Å². The molecule has 1 unspecified atom stereocenters. The molecular formula is C17H22N4O2. The van der Waals surface area contributed by atoms with Crippen molar-refractivity contribution in [2.45, 2.75) is 26.7 Å². The van der Waals surface area contributed by atoms with Crippen LogP contribution in [0.2, 0.25) is 0 Å². The normalized spacial score (nSPS) is 17.4. The van der Waals surface area contributed by atoms with E-state index in [-0.39, 0.29) is 11.8 Å². The van der Waals surface area contributed by atoms with Crippen LogP contribution < -0.4 is 5.32 Å². The quantitative estimate of drug-likeness (QED) is 0.910. The number of carbonyl (C=O) groups is 1. The van der Waals surface area contributed by atoms with Crippen LogP contribution in [-0.4, -0.2) is 40.4 Å². The average molecular weight is 314 g/mol. The van der Waals surface area contributed by atoms with Gasteiger partial charge in [0.2, 0.25) is 5.91 Å². The number of aryl methyl sites for hydroxylation is 1. The molecule has 0 radical (unpaired) electrons. The van der Waals surface area contributed by atoms with Crippen LogP contribution in [0.1, 0.15) is 23.4 Å². The van der Waals surface area contributed by atoms with Crippen LogP contribution in [0.25, 0.3) is 5.82 Å². The lowest BCUT2D eigenvalue weighted by atomic mass is 10.1. The molecule has 6 nitrogen and oxygen atoms in total. The van der Waals surface area contributed by atoms with E-state index in [1.807, 2.05) is 36.7 Å². The third kappa shape index (κ3) is 3.42. The molecule has 0 aliphatic carbocycles. The van der Waals surface area contributed by atoms with Gasteiger partial charge < -0.3 is 10.1 Å². The summed E-state index contributed by atoms with van der Waals surface area (Å²) in [5.74, 6) is 0.912. The molecule has 0 saturated carbocycles. The Morgan fingerprint density at radius 2 is 2.30 bits per heavy atom. The van der Waals surface area contributed by atoms with E-state index in [1.54, 1.807) is 6.20 Å². The largest absolute Gasteiger partial charge is 0.381 e. The van der Waals surface area contributed by atoms with Crippen molar-refractivity contribution in [1.82, 2.24) is 20.1 Å². The first-order valence-electron chi connectivity index (χ1n) is 7.99. The minimum Gasteiger partial charge on any atom is -0.381 e. The standard InChI is InChI=1S/C17H22N4O2/c1-12-15(6-9-19-17(22)14-7-10-23-11-14)13(2)21(20-12)16-5-3-4-8-18-16/h3-5,8,14H,6-7,9-11H2,1-2H3,(H,19,22). The molecule has 122 valence electrons. The number of nitrogens with zero attached hydrogens (tertiary/aromatic N) is 3. The Kier molecular flexibility index (Phi) is 4.71. The molecule has 1 atom stereocenters. The van der Waals surface area contributed by atoms with Crippen LogP contribution in [-0.2, 0) is 16.0 Å². The van der Waals surface area contributed by atoms with E-state index in [0.29, 0.717) is 19.8 Å². The first-order valence-corrected chi connectivity index (χ1v) is 7.99. The molecule has 2 aromatic rings. The maximum Gasteiger partial charge on any atom is 0.225 e. The molecule has 0 bridgehead atoms. The number of ether oxygens (including phenoxy) is 1. The molecule has 0 spiro atoms. The predicted octanol–water partition coefficient (Wildman–Crippen LogP) is 1.58. The number of carbonyl (C=O) groups excluding carboxylic acids is 1. The van der Waals surface area contributed by atoms with Crippen molar-refractivity contribution in [1.29, 1.82) is 0 Å². The van der Waals surface area contributed by atoms with Crippen molar-refractivity contribution in [3.8, 4) is 5.82 Å². The first-order chi connectivity index (χ1) is 11.2. The third-order valence-corrected chi connectivity index (χ3v) is 4.28. The van der Waals surface area contributed by atoms with Gasteiger partial charge in [-0.25, -0.2) is 9.67 Å². The number of amides is 1. The van der Waals surface area contributed by atoms with Crippen LogP contribution in [0, 0.1) is 19.8 Å². The highest BCUT2D eigenvalue weighted by atomic mass is 16.5. The number of hydrogen-bond donors (Lipinski definition) is 1. The summed E-state index contributed by atoms with van der Waals surface area (Å²) in [6.45, 7) is 5.88. The van der Waals surface area contributed by atoms with Crippen molar-refractivity contribution in [3.05, 3.63) is 41.3 Å². The zero-order chi connectivity index (χ0) is 16.2. The van der Waals surface area contributed by atoms with Gasteiger partial charge in [0.25, 0.3) is 0 Å². The van der Waals surface area contributed by atoms with Gasteiger partial charge in [0, 0.05) is 25.0 Å². The summed E-state index contributed by atoms with van der Waals surface area (Å²) in [7, 11) is 0. The van der Waals surface area contributed by atoms with E-state index in [4.69, 9.17) is 4.74 Å². The van der Waals surface area contributed by atoms with Crippen LogP contribution in [0.4, 0.5) is 0 Å². The van der Waals surface area contributed by atoms with E-state index in [1.165, 1.54) is 5.56 Å². The highest BCUT2D eigenvalue weighted by Gasteiger charge is 2.23. The molecule has 6 heteroatoms. The molecule has 3 heterocycles. The number of aromatic nitrogens is 3. The van der Waals surface area contributed by atoms with Gasteiger partial charge in [-0.1, -0.05) is 6.07 Å². The molecule has 23 heavy (non-hydrogen) atoms. The molecule has 1 aliphatic heterocycles. The lowest BCUT2D eigenvalue weighted by Gasteiger charge is -2.09. The van der Waals surface area contributed by atoms with Gasteiger partial charge in [-0.15, -0.1) is 0 Å². The number of rotatable bonds is 5. The van der Waals surface area contributed by atoms with E-state index < -0.39 is 0 Å². The van der Waals surface area contributed by atoms with Crippen molar-refractivity contribution in [3.63, 3.8) is 0 Å². The van der Waals surface area contributed by atoms with E-state index >= 15 is 0 Å². The monoisotopic (exact) mass is 314 g/mol. The molecule has 1 fully saturated rings. The second-order valence-electron chi connectivity index (χ2n) is 5.85. The predicted molar refractivity (Wildman–Crippen MR) is 86.5 cm³/mol. The minimum atomic E-state index is 0.00781. The van der Waals surface area contributed by atoms with Gasteiger partial charge in [0.15, 0.2) is 5.82 Å². The van der Waals surface area contributed by atoms with Crippen molar-refractivity contribution in [2.75, 3.05) is 19.8 Å². The maximum absolute atomic E-state index is 12.0. The second kappa shape index (κ2) is 6.91. The number of pyridine rings is 1. The molecule has 1 saturated heterocycles. The fourth-order valence-corrected chi connectivity index (χ4v) is 2.94. The number of hydrogen-bond acceptors (Lipinski definition) is 4. The molecule has 2 aromatic heterocycles. The highest BCUT2D eigenvalue weighted by molar-refractivity contribution is 5.78. The Bertz CT molecular complexity index is 675. The fourth-order valence-electron chi connectivity index (χ4n) is 2.94. The van der Waals surface area contributed by atoms with Crippen LogP contribution in [0.3, 0.4) is 0 Å². The maximum atomic E-state index is 12.0. The molecule has 1 amide bonds. The van der Waals surface area contributed by atoms with Crippen molar-refractivity contribution in [2.24, 2.45) is 5.92 Å². The zero-order valence-electron chi connectivity index (χ0n) is 13.6. The first kappa shape index (κ1) is 15.7. The van der Waals surface area contributed by atoms with E-state index in [0.717, 1.165) is 30.0 Å². The summed E-state index contributed by atoms with van der Waals surface area (Å²) in [6.07, 6.45) is 3.35.